The molecular formula is C11H24N2. The summed E-state index contributed by atoms with van der Waals surface area (Å²) in [4.78, 5) is 2.15. The molecule has 0 saturated carbocycles. The van der Waals surface area contributed by atoms with Gasteiger partial charge in [-0.05, 0) is 33.4 Å². The van der Waals surface area contributed by atoms with E-state index in [9.17, 15) is 0 Å². The fourth-order valence-corrected chi connectivity index (χ4v) is 1.43. The van der Waals surface area contributed by atoms with Crippen molar-refractivity contribution in [2.75, 3.05) is 20.6 Å². The maximum absolute atomic E-state index is 5.93. The van der Waals surface area contributed by atoms with Gasteiger partial charge in [0.05, 0.1) is 0 Å². The largest absolute Gasteiger partial charge is 0.327 e. The smallest absolute Gasteiger partial charge is 0.0167 e. The second-order valence-corrected chi connectivity index (χ2v) is 3.95. The highest BCUT2D eigenvalue weighted by molar-refractivity contribution is 4.67. The lowest BCUT2D eigenvalue weighted by molar-refractivity contribution is 0.357. The predicted molar refractivity (Wildman–Crippen MR) is 59.8 cm³/mol. The normalized spacial score (nSPS) is 13.2. The van der Waals surface area contributed by atoms with Crippen molar-refractivity contribution in [2.45, 2.75) is 38.1 Å². The molecule has 0 aliphatic carbocycles. The van der Waals surface area contributed by atoms with E-state index >= 15 is 0 Å². The Morgan fingerprint density at radius 1 is 1.31 bits per heavy atom. The van der Waals surface area contributed by atoms with Gasteiger partial charge in [0.1, 0.15) is 0 Å². The summed E-state index contributed by atoms with van der Waals surface area (Å²) in [6.07, 6.45) is 8.08. The van der Waals surface area contributed by atoms with E-state index in [1.807, 2.05) is 6.08 Å². The molecular weight excluding hydrogens is 160 g/mol. The van der Waals surface area contributed by atoms with Crippen LogP contribution < -0.4 is 5.73 Å². The minimum atomic E-state index is 0.346. The molecule has 0 aliphatic rings. The Morgan fingerprint density at radius 3 is 2.54 bits per heavy atom. The summed E-state index contributed by atoms with van der Waals surface area (Å²) in [6, 6.07) is 0.346. The van der Waals surface area contributed by atoms with Gasteiger partial charge in [0, 0.05) is 12.6 Å². The fraction of sp³-hybridized carbons (Fsp3) is 0.818. The Bertz CT molecular complexity index is 121. The highest BCUT2D eigenvalue weighted by atomic mass is 15.1. The Hall–Kier alpha value is -0.340. The molecule has 0 fully saturated rings. The van der Waals surface area contributed by atoms with Gasteiger partial charge < -0.3 is 10.6 Å². The molecule has 0 saturated heterocycles. The first-order valence-corrected chi connectivity index (χ1v) is 5.18. The van der Waals surface area contributed by atoms with Crippen LogP contribution in [0.15, 0.2) is 12.7 Å². The minimum absolute atomic E-state index is 0.346. The molecule has 1 unspecified atom stereocenters. The number of nitrogens with zero attached hydrogens (tertiary/aromatic N) is 1. The third-order valence-corrected chi connectivity index (χ3v) is 2.08. The third-order valence-electron chi connectivity index (χ3n) is 2.08. The zero-order valence-electron chi connectivity index (χ0n) is 9.13. The topological polar surface area (TPSA) is 29.3 Å². The Kier molecular flexibility index (Phi) is 8.05. The van der Waals surface area contributed by atoms with Crippen molar-refractivity contribution in [1.82, 2.24) is 4.90 Å². The molecule has 78 valence electrons. The van der Waals surface area contributed by atoms with Gasteiger partial charge in [-0.25, -0.2) is 0 Å². The van der Waals surface area contributed by atoms with Crippen LogP contribution in [0, 0.1) is 0 Å². The summed E-state index contributed by atoms with van der Waals surface area (Å²) in [5, 5.41) is 0. The third kappa shape index (κ3) is 9.57. The zero-order chi connectivity index (χ0) is 10.1. The quantitative estimate of drug-likeness (QED) is 0.462. The van der Waals surface area contributed by atoms with E-state index < -0.39 is 0 Å². The van der Waals surface area contributed by atoms with Crippen LogP contribution in [0.3, 0.4) is 0 Å². The Balaban J connectivity index is 3.16. The minimum Gasteiger partial charge on any atom is -0.327 e. The van der Waals surface area contributed by atoms with Gasteiger partial charge in [-0.3, -0.25) is 0 Å². The predicted octanol–water partition coefficient (Wildman–Crippen LogP) is 2.01. The molecule has 0 heterocycles. The number of hydrogen-bond acceptors (Lipinski definition) is 2. The maximum Gasteiger partial charge on any atom is 0.0167 e. The first kappa shape index (κ1) is 12.7. The van der Waals surface area contributed by atoms with Crippen LogP contribution in [0.2, 0.25) is 0 Å². The van der Waals surface area contributed by atoms with Crippen molar-refractivity contribution in [1.29, 1.82) is 0 Å². The Labute approximate surface area is 82.8 Å². The number of allylic oxidation sites excluding steroid dienone is 1. The lowest BCUT2D eigenvalue weighted by Gasteiger charge is -2.16. The van der Waals surface area contributed by atoms with Crippen LogP contribution >= 0.6 is 0 Å². The van der Waals surface area contributed by atoms with Gasteiger partial charge in [-0.1, -0.05) is 18.9 Å². The molecule has 0 spiro atoms. The van der Waals surface area contributed by atoms with E-state index in [0.717, 1.165) is 19.4 Å². The van der Waals surface area contributed by atoms with Gasteiger partial charge >= 0.3 is 0 Å². The van der Waals surface area contributed by atoms with Crippen molar-refractivity contribution >= 4 is 0 Å². The molecule has 0 radical (unpaired) electrons. The number of nitrogens with two attached hydrogens (primary N) is 1. The molecule has 2 N–H and O–H groups in total. The summed E-state index contributed by atoms with van der Waals surface area (Å²) in [7, 11) is 4.13. The van der Waals surface area contributed by atoms with Gasteiger partial charge in [-0.15, -0.1) is 6.58 Å². The number of unbranched alkanes of at least 4 members (excludes halogenated alkanes) is 3. The van der Waals surface area contributed by atoms with Crippen molar-refractivity contribution in [2.24, 2.45) is 5.73 Å². The molecule has 0 amide bonds. The Morgan fingerprint density at radius 2 is 2.00 bits per heavy atom. The van der Waals surface area contributed by atoms with E-state index in [1.165, 1.54) is 19.3 Å². The van der Waals surface area contributed by atoms with Crippen LogP contribution in [-0.4, -0.2) is 31.6 Å². The molecule has 0 bridgehead atoms. The van der Waals surface area contributed by atoms with Crippen LogP contribution in [0.25, 0.3) is 0 Å². The zero-order valence-corrected chi connectivity index (χ0v) is 9.13. The molecule has 2 nitrogen and oxygen atoms in total. The van der Waals surface area contributed by atoms with E-state index in [4.69, 9.17) is 5.73 Å². The average Bonchev–Trinajstić information content (AvgIpc) is 2.02. The molecule has 0 aromatic rings. The van der Waals surface area contributed by atoms with E-state index in [2.05, 4.69) is 25.6 Å². The number of rotatable bonds is 8. The second kappa shape index (κ2) is 8.27. The van der Waals surface area contributed by atoms with Crippen molar-refractivity contribution in [3.05, 3.63) is 12.7 Å². The number of likely N-dealkylation sites (N-methyl/N-ethyl adjacent to an activating group) is 1. The average molecular weight is 184 g/mol. The van der Waals surface area contributed by atoms with E-state index in [-0.39, 0.29) is 0 Å². The van der Waals surface area contributed by atoms with Crippen LogP contribution in [-0.2, 0) is 0 Å². The van der Waals surface area contributed by atoms with Gasteiger partial charge in [-0.2, -0.15) is 0 Å². The van der Waals surface area contributed by atoms with E-state index in [0.29, 0.717) is 6.04 Å². The molecule has 0 aromatic carbocycles. The van der Waals surface area contributed by atoms with Gasteiger partial charge in [0.15, 0.2) is 0 Å². The number of hydrogen-bond donors (Lipinski definition) is 1. The summed E-state index contributed by atoms with van der Waals surface area (Å²) >= 11 is 0. The van der Waals surface area contributed by atoms with Crippen molar-refractivity contribution in [3.8, 4) is 0 Å². The summed E-state index contributed by atoms with van der Waals surface area (Å²) in [5.41, 5.74) is 5.93. The lowest BCUT2D eigenvalue weighted by atomic mass is 10.1. The summed E-state index contributed by atoms with van der Waals surface area (Å²) in [5.74, 6) is 0. The molecule has 2 heteroatoms. The molecule has 0 aromatic heterocycles. The van der Waals surface area contributed by atoms with Crippen molar-refractivity contribution < 1.29 is 0 Å². The fourth-order valence-electron chi connectivity index (χ4n) is 1.43. The first-order valence-electron chi connectivity index (χ1n) is 5.18. The van der Waals surface area contributed by atoms with Gasteiger partial charge in [0.2, 0.25) is 0 Å². The monoisotopic (exact) mass is 184 g/mol. The van der Waals surface area contributed by atoms with Crippen LogP contribution in [0.1, 0.15) is 32.1 Å². The van der Waals surface area contributed by atoms with Gasteiger partial charge in [0.25, 0.3) is 0 Å². The highest BCUT2D eigenvalue weighted by Crippen LogP contribution is 2.05. The first-order chi connectivity index (χ1) is 6.16. The van der Waals surface area contributed by atoms with E-state index in [1.54, 1.807) is 0 Å². The summed E-state index contributed by atoms with van der Waals surface area (Å²) < 4.78 is 0. The molecule has 0 rings (SSSR count). The van der Waals surface area contributed by atoms with Crippen LogP contribution in [0.4, 0.5) is 0 Å². The lowest BCUT2D eigenvalue weighted by Crippen LogP contribution is -2.32. The SMILES string of the molecule is C=CCCCCCC(N)CN(C)C. The summed E-state index contributed by atoms with van der Waals surface area (Å²) in [6.45, 7) is 4.70. The van der Waals surface area contributed by atoms with Crippen LogP contribution in [0.5, 0.6) is 0 Å². The molecule has 1 atom stereocenters. The standard InChI is InChI=1S/C11H24N2/c1-4-5-6-7-8-9-11(12)10-13(2)3/h4,11H,1,5-10,12H2,2-3H3. The van der Waals surface area contributed by atoms with Crippen molar-refractivity contribution in [3.63, 3.8) is 0 Å². The molecule has 13 heavy (non-hydrogen) atoms. The molecule has 0 aliphatic heterocycles. The highest BCUT2D eigenvalue weighted by Gasteiger charge is 2.02. The maximum atomic E-state index is 5.93. The second-order valence-electron chi connectivity index (χ2n) is 3.95.